The van der Waals surface area contributed by atoms with Gasteiger partial charge >= 0.3 is 6.18 Å². The van der Waals surface area contributed by atoms with Gasteiger partial charge in [0.15, 0.2) is 10.8 Å². The molecule has 39 heavy (non-hydrogen) atoms. The zero-order valence-corrected chi connectivity index (χ0v) is 21.5. The van der Waals surface area contributed by atoms with E-state index < -0.39 is 45.7 Å². The highest BCUT2D eigenvalue weighted by atomic mass is 32.2. The average Bonchev–Trinajstić information content (AvgIpc) is 3.13. The van der Waals surface area contributed by atoms with Crippen LogP contribution in [0.2, 0.25) is 0 Å². The molecular weight excluding hydrogens is 556 g/mol. The minimum absolute atomic E-state index is 0.116. The molecule has 1 aliphatic heterocycles. The summed E-state index contributed by atoms with van der Waals surface area (Å²) in [5.41, 5.74) is -2.58. The van der Waals surface area contributed by atoms with Crippen LogP contribution in [0, 0.1) is 17.1 Å². The van der Waals surface area contributed by atoms with Crippen LogP contribution in [-0.2, 0) is 28.5 Å². The van der Waals surface area contributed by atoms with Crippen LogP contribution in [0.4, 0.5) is 28.9 Å². The molecule has 8 nitrogen and oxygen atoms in total. The third-order valence-corrected chi connectivity index (χ3v) is 8.17. The number of carbonyl (C=O) groups is 1. The molecule has 3 aromatic rings. The zero-order valence-electron chi connectivity index (χ0n) is 19.9. The number of aromatic nitrogens is 2. The first-order valence-electron chi connectivity index (χ1n) is 11.6. The Labute approximate surface area is 227 Å². The van der Waals surface area contributed by atoms with E-state index in [4.69, 9.17) is 17.5 Å². The molecule has 1 saturated heterocycles. The van der Waals surface area contributed by atoms with Crippen LogP contribution >= 0.6 is 12.2 Å². The van der Waals surface area contributed by atoms with E-state index in [1.165, 1.54) is 23.1 Å². The Bertz CT molecular complexity index is 1540. The van der Waals surface area contributed by atoms with Gasteiger partial charge < -0.3 is 4.90 Å². The molecule has 2 aromatic heterocycles. The molecular formula is C25H18F4N6O2S2. The van der Waals surface area contributed by atoms with Gasteiger partial charge in [0, 0.05) is 24.6 Å². The highest BCUT2D eigenvalue weighted by molar-refractivity contribution is 7.83. The predicted molar refractivity (Wildman–Crippen MR) is 137 cm³/mol. The van der Waals surface area contributed by atoms with Crippen molar-refractivity contribution in [3.63, 3.8) is 0 Å². The molecule has 1 saturated carbocycles. The SMILES string of the molecule is N#Cc1ncc(N2C(=O)C3(CCC3)N(c3ccc(S(=O)NCc4ccncc4)c(F)c3)C2=S)cc1C(F)(F)F. The van der Waals surface area contributed by atoms with Gasteiger partial charge in [-0.3, -0.25) is 14.7 Å². The van der Waals surface area contributed by atoms with Gasteiger partial charge in [0.25, 0.3) is 5.91 Å². The van der Waals surface area contributed by atoms with E-state index >= 15 is 4.39 Å². The molecule has 0 radical (unpaired) electrons. The Morgan fingerprint density at radius 2 is 1.87 bits per heavy atom. The normalized spacial score (nSPS) is 17.3. The van der Waals surface area contributed by atoms with Gasteiger partial charge in [0.2, 0.25) is 0 Å². The van der Waals surface area contributed by atoms with Crippen molar-refractivity contribution in [1.29, 1.82) is 5.26 Å². The van der Waals surface area contributed by atoms with Gasteiger partial charge in [-0.15, -0.1) is 0 Å². The molecule has 1 N–H and O–H groups in total. The largest absolute Gasteiger partial charge is 0.419 e. The highest BCUT2D eigenvalue weighted by Crippen LogP contribution is 2.48. The van der Waals surface area contributed by atoms with Crippen LogP contribution in [0.3, 0.4) is 0 Å². The Balaban J connectivity index is 1.46. The van der Waals surface area contributed by atoms with E-state index in [1.54, 1.807) is 24.5 Å². The number of anilines is 2. The standard InChI is InChI=1S/C25H18F4N6O2S2/c26-19-11-16(2-3-21(19)39(37)33-13-15-4-8-31-9-5-15)35-23(38)34(22(36)24(35)6-1-7-24)17-10-18(25(27,28)29)20(12-30)32-14-17/h2-5,8-11,14,33H,1,6-7,13H2. The van der Waals surface area contributed by atoms with Crippen LogP contribution in [0.1, 0.15) is 36.1 Å². The second kappa shape index (κ2) is 10.1. The van der Waals surface area contributed by atoms with Crippen molar-refractivity contribution in [3.05, 3.63) is 77.6 Å². The van der Waals surface area contributed by atoms with Gasteiger partial charge in [-0.05, 0) is 73.4 Å². The molecule has 1 atom stereocenters. The fraction of sp³-hybridized carbons (Fsp3) is 0.240. The summed E-state index contributed by atoms with van der Waals surface area (Å²) in [7, 11) is -1.89. The number of thiocarbonyl (C=S) groups is 1. The molecule has 0 bridgehead atoms. The van der Waals surface area contributed by atoms with Crippen molar-refractivity contribution in [3.8, 4) is 6.07 Å². The molecule has 5 rings (SSSR count). The number of carbonyl (C=O) groups excluding carboxylic acids is 1. The van der Waals surface area contributed by atoms with Crippen molar-refractivity contribution in [1.82, 2.24) is 14.7 Å². The minimum Gasteiger partial charge on any atom is -0.303 e. The molecule has 3 heterocycles. The fourth-order valence-electron chi connectivity index (χ4n) is 4.60. The number of hydrogen-bond acceptors (Lipinski definition) is 6. The zero-order chi connectivity index (χ0) is 27.9. The quantitative estimate of drug-likeness (QED) is 0.344. The lowest BCUT2D eigenvalue weighted by molar-refractivity contribution is -0.138. The molecule has 1 aromatic carbocycles. The van der Waals surface area contributed by atoms with Crippen LogP contribution in [0.25, 0.3) is 0 Å². The maximum absolute atomic E-state index is 15.2. The number of alkyl halides is 3. The summed E-state index contributed by atoms with van der Waals surface area (Å²) in [6.07, 6.45) is 0.602. The van der Waals surface area contributed by atoms with Crippen molar-refractivity contribution >= 4 is 45.6 Å². The minimum atomic E-state index is -4.88. The molecule has 200 valence electrons. The summed E-state index contributed by atoms with van der Waals surface area (Å²) in [4.78, 5) is 23.3. The smallest absolute Gasteiger partial charge is 0.303 e. The summed E-state index contributed by atoms with van der Waals surface area (Å²) in [6.45, 7) is 0.206. The van der Waals surface area contributed by atoms with Gasteiger partial charge in [-0.1, -0.05) is 0 Å². The number of nitrogens with one attached hydrogen (secondary N) is 1. The van der Waals surface area contributed by atoms with Crippen LogP contribution < -0.4 is 14.5 Å². The predicted octanol–water partition coefficient (Wildman–Crippen LogP) is 4.38. The number of hydrogen-bond donors (Lipinski definition) is 1. The Morgan fingerprint density at radius 3 is 2.46 bits per heavy atom. The first kappa shape index (κ1) is 26.8. The monoisotopic (exact) mass is 574 g/mol. The molecule has 14 heteroatoms. The lowest BCUT2D eigenvalue weighted by atomic mass is 9.75. The van der Waals surface area contributed by atoms with Gasteiger partial charge in [0.05, 0.1) is 22.3 Å². The molecule has 1 amide bonds. The van der Waals surface area contributed by atoms with E-state index in [0.717, 1.165) is 22.7 Å². The summed E-state index contributed by atoms with van der Waals surface area (Å²) in [5, 5.41) is 8.90. The molecule has 1 unspecified atom stereocenters. The number of rotatable bonds is 6. The average molecular weight is 575 g/mol. The fourth-order valence-corrected chi connectivity index (χ4v) is 5.95. The van der Waals surface area contributed by atoms with Gasteiger partial charge in [-0.2, -0.15) is 18.4 Å². The third-order valence-electron chi connectivity index (χ3n) is 6.67. The second-order valence-electron chi connectivity index (χ2n) is 8.90. The van der Waals surface area contributed by atoms with Crippen molar-refractivity contribution < 1.29 is 26.6 Å². The van der Waals surface area contributed by atoms with E-state index in [0.29, 0.717) is 25.3 Å². The number of nitriles is 1. The number of pyridine rings is 2. The summed E-state index contributed by atoms with van der Waals surface area (Å²) in [6, 6.07) is 9.38. The maximum atomic E-state index is 15.2. The highest BCUT2D eigenvalue weighted by Gasteiger charge is 2.60. The maximum Gasteiger partial charge on any atom is 0.419 e. The van der Waals surface area contributed by atoms with Crippen LogP contribution in [0.5, 0.6) is 0 Å². The third kappa shape index (κ3) is 4.66. The summed E-state index contributed by atoms with van der Waals surface area (Å²) in [5.74, 6) is -1.37. The van der Waals surface area contributed by atoms with Crippen LogP contribution in [0.15, 0.2) is 59.9 Å². The van der Waals surface area contributed by atoms with E-state index in [-0.39, 0.29) is 27.9 Å². The lowest BCUT2D eigenvalue weighted by Gasteiger charge is -2.43. The first-order chi connectivity index (χ1) is 18.6. The number of nitrogens with zero attached hydrogens (tertiary/aromatic N) is 5. The topological polar surface area (TPSA) is 102 Å². The van der Waals surface area contributed by atoms with Crippen molar-refractivity contribution in [2.24, 2.45) is 0 Å². The first-order valence-corrected chi connectivity index (χ1v) is 13.1. The van der Waals surface area contributed by atoms with Gasteiger partial charge in [-0.25, -0.2) is 18.3 Å². The Kier molecular flexibility index (Phi) is 6.91. The van der Waals surface area contributed by atoms with E-state index in [9.17, 15) is 22.2 Å². The molecule has 2 fully saturated rings. The summed E-state index contributed by atoms with van der Waals surface area (Å²) < 4.78 is 71.3. The van der Waals surface area contributed by atoms with Crippen molar-refractivity contribution in [2.75, 3.05) is 9.80 Å². The second-order valence-corrected chi connectivity index (χ2v) is 10.5. The number of benzene rings is 1. The molecule has 1 aliphatic carbocycles. The Hall–Kier alpha value is -3.80. The van der Waals surface area contributed by atoms with E-state index in [2.05, 4.69) is 14.7 Å². The molecule has 1 spiro atoms. The van der Waals surface area contributed by atoms with Crippen molar-refractivity contribution in [2.45, 2.75) is 42.4 Å². The van der Waals surface area contributed by atoms with E-state index in [1.807, 2.05) is 0 Å². The summed E-state index contributed by atoms with van der Waals surface area (Å²) >= 11 is 5.53. The van der Waals surface area contributed by atoms with Gasteiger partial charge in [0.1, 0.15) is 28.4 Å². The number of halogens is 4. The molecule has 2 aliphatic rings. The number of amides is 1. The lowest BCUT2D eigenvalue weighted by Crippen LogP contribution is -2.55. The van der Waals surface area contributed by atoms with Crippen LogP contribution in [-0.4, -0.2) is 30.7 Å². The Morgan fingerprint density at radius 1 is 1.15 bits per heavy atom.